The number of carbonyl (C=O) groups excluding carboxylic acids is 2. The quantitative estimate of drug-likeness (QED) is 0.370. The van der Waals surface area contributed by atoms with Gasteiger partial charge in [-0.2, -0.15) is 0 Å². The maximum Gasteiger partial charge on any atom is 0.407 e. The lowest BCUT2D eigenvalue weighted by Gasteiger charge is -2.20. The van der Waals surface area contributed by atoms with Crippen molar-refractivity contribution in [3.05, 3.63) is 0 Å². The fourth-order valence-corrected chi connectivity index (χ4v) is 1.91. The zero-order valence-corrected chi connectivity index (χ0v) is 14.7. The SMILES string of the molecule is CC(C)(C)OC(=O)NCCNC(=O)C[C@H](CCCCN)NC(=O)O. The van der Waals surface area contributed by atoms with E-state index in [0.29, 0.717) is 13.0 Å². The first-order valence-corrected chi connectivity index (χ1v) is 8.07. The lowest BCUT2D eigenvalue weighted by Crippen LogP contribution is -2.41. The van der Waals surface area contributed by atoms with Gasteiger partial charge in [0.15, 0.2) is 0 Å². The molecule has 0 aromatic heterocycles. The van der Waals surface area contributed by atoms with Crippen molar-refractivity contribution in [2.24, 2.45) is 5.73 Å². The van der Waals surface area contributed by atoms with Crippen LogP contribution in [0.25, 0.3) is 0 Å². The molecule has 0 radical (unpaired) electrons. The Bertz CT molecular complexity index is 409. The molecular weight excluding hydrogens is 316 g/mol. The molecule has 0 spiro atoms. The monoisotopic (exact) mass is 346 g/mol. The molecule has 3 amide bonds. The number of alkyl carbamates (subject to hydrolysis) is 1. The fraction of sp³-hybridized carbons (Fsp3) is 0.800. The Kier molecular flexibility index (Phi) is 10.5. The number of ether oxygens (including phenoxy) is 1. The molecule has 0 aliphatic carbocycles. The van der Waals surface area contributed by atoms with Crippen LogP contribution in [0.3, 0.4) is 0 Å². The molecule has 24 heavy (non-hydrogen) atoms. The molecule has 0 fully saturated rings. The van der Waals surface area contributed by atoms with Crippen LogP contribution in [-0.2, 0) is 9.53 Å². The van der Waals surface area contributed by atoms with Crippen LogP contribution >= 0.6 is 0 Å². The summed E-state index contributed by atoms with van der Waals surface area (Å²) in [6, 6.07) is -0.451. The second kappa shape index (κ2) is 11.5. The van der Waals surface area contributed by atoms with Gasteiger partial charge in [-0.1, -0.05) is 6.42 Å². The van der Waals surface area contributed by atoms with Crippen LogP contribution in [-0.4, -0.2) is 54.5 Å². The summed E-state index contributed by atoms with van der Waals surface area (Å²) in [4.78, 5) is 34.0. The van der Waals surface area contributed by atoms with Crippen LogP contribution in [0.2, 0.25) is 0 Å². The van der Waals surface area contributed by atoms with Crippen LogP contribution in [0.1, 0.15) is 46.5 Å². The second-order valence-corrected chi connectivity index (χ2v) is 6.41. The number of carbonyl (C=O) groups is 3. The van der Waals surface area contributed by atoms with Crippen molar-refractivity contribution in [1.29, 1.82) is 0 Å². The molecular formula is C15H30N4O5. The predicted octanol–water partition coefficient (Wildman–Crippen LogP) is 0.783. The number of carboxylic acid groups (broad SMARTS) is 1. The van der Waals surface area contributed by atoms with Gasteiger partial charge < -0.3 is 31.5 Å². The number of nitrogens with two attached hydrogens (primary N) is 1. The molecule has 0 saturated carbocycles. The summed E-state index contributed by atoms with van der Waals surface area (Å²) >= 11 is 0. The average Bonchev–Trinajstić information content (AvgIpc) is 2.41. The first kappa shape index (κ1) is 22.0. The maximum atomic E-state index is 11.8. The molecule has 0 saturated heterocycles. The van der Waals surface area contributed by atoms with Gasteiger partial charge in [0.25, 0.3) is 0 Å². The minimum absolute atomic E-state index is 0.0449. The second-order valence-electron chi connectivity index (χ2n) is 6.41. The lowest BCUT2D eigenvalue weighted by molar-refractivity contribution is -0.121. The van der Waals surface area contributed by atoms with Crippen molar-refractivity contribution in [2.45, 2.75) is 58.1 Å². The summed E-state index contributed by atoms with van der Waals surface area (Å²) in [7, 11) is 0. The van der Waals surface area contributed by atoms with Gasteiger partial charge in [0, 0.05) is 25.6 Å². The smallest absolute Gasteiger partial charge is 0.407 e. The average molecular weight is 346 g/mol. The molecule has 1 atom stereocenters. The Balaban J connectivity index is 4.02. The molecule has 0 unspecified atom stereocenters. The largest absolute Gasteiger partial charge is 0.465 e. The minimum atomic E-state index is -1.16. The highest BCUT2D eigenvalue weighted by molar-refractivity contribution is 5.77. The van der Waals surface area contributed by atoms with Gasteiger partial charge in [0.05, 0.1) is 0 Å². The molecule has 6 N–H and O–H groups in total. The van der Waals surface area contributed by atoms with E-state index in [9.17, 15) is 14.4 Å². The molecule has 9 heteroatoms. The number of hydrogen-bond acceptors (Lipinski definition) is 5. The Morgan fingerprint density at radius 3 is 2.29 bits per heavy atom. The predicted molar refractivity (Wildman–Crippen MR) is 89.7 cm³/mol. The molecule has 9 nitrogen and oxygen atoms in total. The van der Waals surface area contributed by atoms with E-state index < -0.39 is 23.8 Å². The third-order valence-corrected chi connectivity index (χ3v) is 2.88. The number of unbranched alkanes of at least 4 members (excludes halogenated alkanes) is 1. The molecule has 0 aliphatic heterocycles. The zero-order valence-electron chi connectivity index (χ0n) is 14.7. The third kappa shape index (κ3) is 13.6. The Hall–Kier alpha value is -2.03. The van der Waals surface area contributed by atoms with Crippen LogP contribution in [0, 0.1) is 0 Å². The number of rotatable bonds is 10. The van der Waals surface area contributed by atoms with E-state index in [1.165, 1.54) is 0 Å². The van der Waals surface area contributed by atoms with Crippen molar-refractivity contribution < 1.29 is 24.2 Å². The van der Waals surface area contributed by atoms with Crippen molar-refractivity contribution in [3.63, 3.8) is 0 Å². The van der Waals surface area contributed by atoms with Gasteiger partial charge >= 0.3 is 12.2 Å². The third-order valence-electron chi connectivity index (χ3n) is 2.88. The minimum Gasteiger partial charge on any atom is -0.465 e. The normalized spacial score (nSPS) is 12.2. The molecule has 0 bridgehead atoms. The van der Waals surface area contributed by atoms with Gasteiger partial charge in [-0.05, 0) is 40.2 Å². The summed E-state index contributed by atoms with van der Waals surface area (Å²) in [6.45, 7) is 6.27. The molecule has 0 heterocycles. The molecule has 0 rings (SSSR count). The van der Waals surface area contributed by atoms with Gasteiger partial charge in [-0.25, -0.2) is 9.59 Å². The molecule has 0 aromatic carbocycles. The van der Waals surface area contributed by atoms with Crippen LogP contribution in [0.5, 0.6) is 0 Å². The van der Waals surface area contributed by atoms with Crippen molar-refractivity contribution in [1.82, 2.24) is 16.0 Å². The topological polar surface area (TPSA) is 143 Å². The van der Waals surface area contributed by atoms with Gasteiger partial charge in [-0.3, -0.25) is 4.79 Å². The molecule has 140 valence electrons. The van der Waals surface area contributed by atoms with Crippen molar-refractivity contribution in [3.8, 4) is 0 Å². The number of nitrogens with one attached hydrogen (secondary N) is 3. The summed E-state index contributed by atoms with van der Waals surface area (Å²) in [5, 5.41) is 16.3. The first-order chi connectivity index (χ1) is 11.1. The van der Waals surface area contributed by atoms with E-state index in [1.807, 2.05) is 0 Å². The molecule has 0 aromatic rings. The summed E-state index contributed by atoms with van der Waals surface area (Å²) in [5.41, 5.74) is 4.82. The number of amides is 3. The van der Waals surface area contributed by atoms with E-state index in [4.69, 9.17) is 15.6 Å². The highest BCUT2D eigenvalue weighted by atomic mass is 16.6. The zero-order chi connectivity index (χ0) is 18.6. The Morgan fingerprint density at radius 2 is 1.75 bits per heavy atom. The standard InChI is InChI=1S/C15H30N4O5/c1-15(2,3)24-14(23)18-9-8-17-12(20)10-11(19-13(21)22)6-4-5-7-16/h11,19H,4-10,16H2,1-3H3,(H,17,20)(H,18,23)(H,21,22)/t11-/m0/s1. The summed E-state index contributed by atoms with van der Waals surface area (Å²) in [5.74, 6) is -0.285. The van der Waals surface area contributed by atoms with E-state index >= 15 is 0 Å². The van der Waals surface area contributed by atoms with Gasteiger partial charge in [-0.15, -0.1) is 0 Å². The number of hydrogen-bond donors (Lipinski definition) is 5. The van der Waals surface area contributed by atoms with Gasteiger partial charge in [0.1, 0.15) is 5.60 Å². The van der Waals surface area contributed by atoms with E-state index in [2.05, 4.69) is 16.0 Å². The van der Waals surface area contributed by atoms with Gasteiger partial charge in [0.2, 0.25) is 5.91 Å². The maximum absolute atomic E-state index is 11.8. The summed E-state index contributed by atoms with van der Waals surface area (Å²) in [6.07, 6.45) is 0.404. The first-order valence-electron chi connectivity index (χ1n) is 8.07. The van der Waals surface area contributed by atoms with E-state index in [1.54, 1.807) is 20.8 Å². The van der Waals surface area contributed by atoms with Crippen molar-refractivity contribution >= 4 is 18.1 Å². The highest BCUT2D eigenvalue weighted by Gasteiger charge is 2.17. The highest BCUT2D eigenvalue weighted by Crippen LogP contribution is 2.06. The Labute approximate surface area is 142 Å². The van der Waals surface area contributed by atoms with E-state index in [-0.39, 0.29) is 25.4 Å². The van der Waals surface area contributed by atoms with Crippen LogP contribution in [0.4, 0.5) is 9.59 Å². The van der Waals surface area contributed by atoms with E-state index in [0.717, 1.165) is 12.8 Å². The van der Waals surface area contributed by atoms with Crippen LogP contribution < -0.4 is 21.7 Å². The fourth-order valence-electron chi connectivity index (χ4n) is 1.91. The summed E-state index contributed by atoms with van der Waals surface area (Å²) < 4.78 is 5.06. The molecule has 0 aliphatic rings. The van der Waals surface area contributed by atoms with Crippen LogP contribution in [0.15, 0.2) is 0 Å². The Morgan fingerprint density at radius 1 is 1.12 bits per heavy atom. The van der Waals surface area contributed by atoms with Crippen molar-refractivity contribution in [2.75, 3.05) is 19.6 Å². The lowest BCUT2D eigenvalue weighted by atomic mass is 10.1.